The Balaban J connectivity index is 1.73. The quantitative estimate of drug-likeness (QED) is 0.853. The minimum absolute atomic E-state index is 0.0166. The number of nitrogens with zero attached hydrogens (tertiary/aromatic N) is 3. The van der Waals surface area contributed by atoms with Crippen LogP contribution < -0.4 is 5.32 Å². The molecule has 1 unspecified atom stereocenters. The van der Waals surface area contributed by atoms with Gasteiger partial charge in [-0.2, -0.15) is 18.2 Å². The number of hydrogen-bond acceptors (Lipinski definition) is 5. The van der Waals surface area contributed by atoms with E-state index < -0.39 is 23.3 Å². The van der Waals surface area contributed by atoms with Gasteiger partial charge in [0.15, 0.2) is 0 Å². The summed E-state index contributed by atoms with van der Waals surface area (Å²) in [5.41, 5.74) is -1.30. The van der Waals surface area contributed by atoms with Crippen LogP contribution >= 0.6 is 0 Å². The van der Waals surface area contributed by atoms with Crippen molar-refractivity contribution in [1.29, 1.82) is 0 Å². The highest BCUT2D eigenvalue weighted by Crippen LogP contribution is 2.36. The van der Waals surface area contributed by atoms with Gasteiger partial charge in [-0.1, -0.05) is 31.3 Å². The fourth-order valence-electron chi connectivity index (χ4n) is 3.24. The number of halogens is 3. The predicted octanol–water partition coefficient (Wildman–Crippen LogP) is 4.30. The number of alkyl halides is 3. The third-order valence-corrected chi connectivity index (χ3v) is 4.97. The molecule has 0 spiro atoms. The van der Waals surface area contributed by atoms with E-state index in [2.05, 4.69) is 20.4 Å². The first-order chi connectivity index (χ1) is 12.7. The summed E-state index contributed by atoms with van der Waals surface area (Å²) in [6.45, 7) is 3.65. The Morgan fingerprint density at radius 3 is 2.67 bits per heavy atom. The Bertz CT molecular complexity index is 813. The second kappa shape index (κ2) is 7.28. The third kappa shape index (κ3) is 4.28. The Kier molecular flexibility index (Phi) is 5.21. The highest BCUT2D eigenvalue weighted by atomic mass is 19.4. The highest BCUT2D eigenvalue weighted by molar-refractivity contribution is 5.82. The molecule has 6 nitrogen and oxygen atoms in total. The summed E-state index contributed by atoms with van der Waals surface area (Å²) >= 11 is 0. The highest BCUT2D eigenvalue weighted by Gasteiger charge is 2.36. The van der Waals surface area contributed by atoms with E-state index in [0.29, 0.717) is 0 Å². The monoisotopic (exact) mass is 382 g/mol. The van der Waals surface area contributed by atoms with Gasteiger partial charge in [0.1, 0.15) is 11.7 Å². The molecule has 1 atom stereocenters. The molecular formula is C18H21F3N4O2. The first-order valence-electron chi connectivity index (χ1n) is 8.87. The summed E-state index contributed by atoms with van der Waals surface area (Å²) in [5.74, 6) is 0.0868. The molecule has 0 bridgehead atoms. The normalized spacial score (nSPS) is 18.1. The van der Waals surface area contributed by atoms with E-state index in [4.69, 9.17) is 4.52 Å². The molecule has 1 amide bonds. The number of nitrogens with one attached hydrogen (secondary N) is 1. The molecule has 27 heavy (non-hydrogen) atoms. The maximum Gasteiger partial charge on any atom is 0.433 e. The lowest BCUT2D eigenvalue weighted by molar-refractivity contribution is -0.141. The van der Waals surface area contributed by atoms with Crippen molar-refractivity contribution in [1.82, 2.24) is 20.4 Å². The van der Waals surface area contributed by atoms with Crippen molar-refractivity contribution >= 4 is 5.91 Å². The molecule has 1 aliphatic rings. The van der Waals surface area contributed by atoms with Crippen molar-refractivity contribution in [3.8, 4) is 11.4 Å². The van der Waals surface area contributed by atoms with Crippen LogP contribution in [0.1, 0.15) is 63.6 Å². The fourth-order valence-corrected chi connectivity index (χ4v) is 3.24. The first kappa shape index (κ1) is 19.3. The molecule has 0 aromatic carbocycles. The van der Waals surface area contributed by atoms with Gasteiger partial charge in [0.05, 0.1) is 0 Å². The average Bonchev–Trinajstić information content (AvgIpc) is 3.12. The molecular weight excluding hydrogens is 361 g/mol. The van der Waals surface area contributed by atoms with E-state index in [0.717, 1.165) is 44.4 Å². The Labute approximate surface area is 154 Å². The average molecular weight is 382 g/mol. The van der Waals surface area contributed by atoms with E-state index in [1.807, 2.05) is 6.92 Å². The van der Waals surface area contributed by atoms with Crippen LogP contribution in [0.3, 0.4) is 0 Å². The molecule has 2 aromatic rings. The summed E-state index contributed by atoms with van der Waals surface area (Å²) < 4.78 is 43.5. The third-order valence-electron chi connectivity index (χ3n) is 4.97. The number of carbonyl (C=O) groups is 1. The zero-order valence-electron chi connectivity index (χ0n) is 15.1. The molecule has 2 heterocycles. The summed E-state index contributed by atoms with van der Waals surface area (Å²) in [6.07, 6.45) is 1.33. The molecule has 9 heteroatoms. The topological polar surface area (TPSA) is 80.9 Å². The maximum atomic E-state index is 12.8. The van der Waals surface area contributed by atoms with Gasteiger partial charge in [-0.3, -0.25) is 9.78 Å². The Morgan fingerprint density at radius 2 is 2.00 bits per heavy atom. The first-order valence-corrected chi connectivity index (χ1v) is 8.87. The lowest BCUT2D eigenvalue weighted by atomic mass is 9.75. The van der Waals surface area contributed by atoms with Crippen LogP contribution in [0.2, 0.25) is 0 Å². The molecule has 1 saturated carbocycles. The fraction of sp³-hybridized carbons (Fsp3) is 0.556. The van der Waals surface area contributed by atoms with E-state index in [1.165, 1.54) is 6.07 Å². The van der Waals surface area contributed by atoms with Gasteiger partial charge in [0, 0.05) is 17.2 Å². The van der Waals surface area contributed by atoms with Gasteiger partial charge in [-0.05, 0) is 31.9 Å². The SMILES string of the molecule is CC(NC(=O)C1(C)CCCCC1)c1nc(-c2ccnc(C(F)(F)F)c2)no1. The molecule has 1 N–H and O–H groups in total. The summed E-state index contributed by atoms with van der Waals surface area (Å²) in [7, 11) is 0. The molecule has 0 radical (unpaired) electrons. The van der Waals surface area contributed by atoms with Gasteiger partial charge >= 0.3 is 6.18 Å². The number of rotatable bonds is 4. The van der Waals surface area contributed by atoms with E-state index in [-0.39, 0.29) is 23.2 Å². The Hall–Kier alpha value is -2.45. The molecule has 2 aromatic heterocycles. The van der Waals surface area contributed by atoms with Crippen LogP contribution in [-0.2, 0) is 11.0 Å². The van der Waals surface area contributed by atoms with E-state index in [9.17, 15) is 18.0 Å². The van der Waals surface area contributed by atoms with Gasteiger partial charge in [0.25, 0.3) is 0 Å². The van der Waals surface area contributed by atoms with Gasteiger partial charge in [-0.25, -0.2) is 0 Å². The van der Waals surface area contributed by atoms with Crippen molar-refractivity contribution in [3.05, 3.63) is 29.9 Å². The van der Waals surface area contributed by atoms with Crippen LogP contribution in [0.15, 0.2) is 22.9 Å². The smallest absolute Gasteiger partial charge is 0.344 e. The predicted molar refractivity (Wildman–Crippen MR) is 90.3 cm³/mol. The van der Waals surface area contributed by atoms with Gasteiger partial charge in [-0.15, -0.1) is 0 Å². The van der Waals surface area contributed by atoms with E-state index in [1.54, 1.807) is 6.92 Å². The van der Waals surface area contributed by atoms with Crippen LogP contribution in [-0.4, -0.2) is 21.0 Å². The van der Waals surface area contributed by atoms with Crippen LogP contribution in [0.25, 0.3) is 11.4 Å². The molecule has 0 aliphatic heterocycles. The van der Waals surface area contributed by atoms with Crippen molar-refractivity contribution in [2.45, 2.75) is 58.2 Å². The van der Waals surface area contributed by atoms with Crippen LogP contribution in [0.5, 0.6) is 0 Å². The number of hydrogen-bond donors (Lipinski definition) is 1. The van der Waals surface area contributed by atoms with Gasteiger partial charge in [0.2, 0.25) is 17.6 Å². The lowest BCUT2D eigenvalue weighted by Gasteiger charge is -2.32. The zero-order valence-corrected chi connectivity index (χ0v) is 15.1. The van der Waals surface area contributed by atoms with Crippen LogP contribution in [0, 0.1) is 5.41 Å². The van der Waals surface area contributed by atoms with Crippen molar-refractivity contribution in [2.75, 3.05) is 0 Å². The second-order valence-electron chi connectivity index (χ2n) is 7.20. The zero-order chi connectivity index (χ0) is 19.7. The second-order valence-corrected chi connectivity index (χ2v) is 7.20. The number of carbonyl (C=O) groups excluding carboxylic acids is 1. The van der Waals surface area contributed by atoms with E-state index >= 15 is 0 Å². The van der Waals surface area contributed by atoms with Crippen molar-refractivity contribution in [2.24, 2.45) is 5.41 Å². The number of amides is 1. The number of pyridine rings is 1. The Morgan fingerprint density at radius 1 is 1.30 bits per heavy atom. The molecule has 1 aliphatic carbocycles. The minimum atomic E-state index is -4.56. The largest absolute Gasteiger partial charge is 0.433 e. The lowest BCUT2D eigenvalue weighted by Crippen LogP contribution is -2.41. The molecule has 3 rings (SSSR count). The van der Waals surface area contributed by atoms with Crippen molar-refractivity contribution in [3.63, 3.8) is 0 Å². The summed E-state index contributed by atoms with van der Waals surface area (Å²) in [4.78, 5) is 20.0. The summed E-state index contributed by atoms with van der Waals surface area (Å²) in [6, 6.07) is 1.69. The summed E-state index contributed by atoms with van der Waals surface area (Å²) in [5, 5.41) is 6.61. The van der Waals surface area contributed by atoms with Crippen LogP contribution in [0.4, 0.5) is 13.2 Å². The molecule has 1 fully saturated rings. The molecule has 0 saturated heterocycles. The van der Waals surface area contributed by atoms with Crippen molar-refractivity contribution < 1.29 is 22.5 Å². The minimum Gasteiger partial charge on any atom is -0.344 e. The van der Waals surface area contributed by atoms with Gasteiger partial charge < -0.3 is 9.84 Å². The molecule has 146 valence electrons. The maximum absolute atomic E-state index is 12.8. The number of aromatic nitrogens is 3. The standard InChI is InChI=1S/C18H21F3N4O2/c1-11(23-16(26)17(2)7-4-3-5-8-17)15-24-14(25-27-15)12-6-9-22-13(10-12)18(19,20)21/h6,9-11H,3-5,7-8H2,1-2H3,(H,23,26).